The molecular formula is C17H27ClN4O. The number of nitrogens with zero attached hydrogens (tertiary/aromatic N) is 3. The second-order valence-corrected chi connectivity index (χ2v) is 7.41. The number of nitrogens with one attached hydrogen (secondary N) is 1. The highest BCUT2D eigenvalue weighted by molar-refractivity contribution is 6.29. The van der Waals surface area contributed by atoms with Gasteiger partial charge in [0.25, 0.3) is 0 Å². The summed E-state index contributed by atoms with van der Waals surface area (Å²) in [6.07, 6.45) is 3.54. The van der Waals surface area contributed by atoms with E-state index < -0.39 is 0 Å². The van der Waals surface area contributed by atoms with E-state index in [1.807, 2.05) is 6.07 Å². The van der Waals surface area contributed by atoms with Gasteiger partial charge < -0.3 is 10.1 Å². The standard InChI is InChI=1S/C17H27ClN4O/c1-12(2)9-14(22-5-7-23-8-6-22)11-19-16-10-15(18)20-17(21-16)13-3-4-13/h10,12-14H,3-9,11H2,1-2H3,(H,19,20,21). The summed E-state index contributed by atoms with van der Waals surface area (Å²) in [4.78, 5) is 11.5. The van der Waals surface area contributed by atoms with Crippen molar-refractivity contribution in [1.82, 2.24) is 14.9 Å². The van der Waals surface area contributed by atoms with Gasteiger partial charge >= 0.3 is 0 Å². The Kier molecular flexibility index (Phi) is 5.72. The molecule has 0 aromatic carbocycles. The Hall–Kier alpha value is -0.910. The zero-order valence-corrected chi connectivity index (χ0v) is 14.9. The van der Waals surface area contributed by atoms with Gasteiger partial charge in [-0.3, -0.25) is 4.90 Å². The molecule has 6 heteroatoms. The Morgan fingerprint density at radius 2 is 2.04 bits per heavy atom. The minimum atomic E-state index is 0.497. The molecule has 2 fully saturated rings. The monoisotopic (exact) mass is 338 g/mol. The van der Waals surface area contributed by atoms with Crippen LogP contribution in [0.4, 0.5) is 5.82 Å². The fourth-order valence-corrected chi connectivity index (χ4v) is 3.31. The van der Waals surface area contributed by atoms with Crippen molar-refractivity contribution in [1.29, 1.82) is 0 Å². The predicted molar refractivity (Wildman–Crippen MR) is 93.1 cm³/mol. The van der Waals surface area contributed by atoms with Crippen LogP contribution in [0.2, 0.25) is 5.15 Å². The van der Waals surface area contributed by atoms with E-state index in [-0.39, 0.29) is 0 Å². The third kappa shape index (κ3) is 5.03. The summed E-state index contributed by atoms with van der Waals surface area (Å²) in [5, 5.41) is 4.03. The largest absolute Gasteiger partial charge is 0.379 e. The van der Waals surface area contributed by atoms with Crippen molar-refractivity contribution in [2.75, 3.05) is 38.2 Å². The first kappa shape index (κ1) is 16.9. The minimum absolute atomic E-state index is 0.497. The van der Waals surface area contributed by atoms with Crippen LogP contribution in [0.3, 0.4) is 0 Å². The molecule has 2 aliphatic rings. The second kappa shape index (κ2) is 7.77. The lowest BCUT2D eigenvalue weighted by molar-refractivity contribution is 0.0150. The predicted octanol–water partition coefficient (Wildman–Crippen LogP) is 3.17. The first-order valence-electron chi connectivity index (χ1n) is 8.72. The Morgan fingerprint density at radius 3 is 2.70 bits per heavy atom. The maximum atomic E-state index is 6.15. The number of ether oxygens (including phenoxy) is 1. The van der Waals surface area contributed by atoms with Crippen LogP contribution in [0.1, 0.15) is 44.9 Å². The Balaban J connectivity index is 1.63. The van der Waals surface area contributed by atoms with Crippen molar-refractivity contribution >= 4 is 17.4 Å². The second-order valence-electron chi connectivity index (χ2n) is 7.02. The zero-order chi connectivity index (χ0) is 16.2. The highest BCUT2D eigenvalue weighted by Gasteiger charge is 2.27. The van der Waals surface area contributed by atoms with Gasteiger partial charge in [0, 0.05) is 37.7 Å². The summed E-state index contributed by atoms with van der Waals surface area (Å²) in [5.74, 6) is 2.93. The normalized spacial score (nSPS) is 20.7. The topological polar surface area (TPSA) is 50.3 Å². The van der Waals surface area contributed by atoms with Crippen LogP contribution in [-0.2, 0) is 4.74 Å². The zero-order valence-electron chi connectivity index (χ0n) is 14.1. The molecule has 23 heavy (non-hydrogen) atoms. The van der Waals surface area contributed by atoms with Gasteiger partial charge in [0.15, 0.2) is 0 Å². The average Bonchev–Trinajstić information content (AvgIpc) is 3.36. The summed E-state index contributed by atoms with van der Waals surface area (Å²) >= 11 is 6.15. The van der Waals surface area contributed by atoms with Gasteiger partial charge in [0.2, 0.25) is 0 Å². The van der Waals surface area contributed by atoms with Crippen molar-refractivity contribution in [2.24, 2.45) is 5.92 Å². The summed E-state index contributed by atoms with van der Waals surface area (Å²) in [5.41, 5.74) is 0. The first-order valence-corrected chi connectivity index (χ1v) is 9.09. The van der Waals surface area contributed by atoms with Crippen LogP contribution in [-0.4, -0.2) is 53.8 Å². The van der Waals surface area contributed by atoms with E-state index in [1.54, 1.807) is 0 Å². The van der Waals surface area contributed by atoms with Crippen LogP contribution < -0.4 is 5.32 Å². The highest BCUT2D eigenvalue weighted by atomic mass is 35.5. The van der Waals surface area contributed by atoms with Crippen LogP contribution >= 0.6 is 11.6 Å². The van der Waals surface area contributed by atoms with Crippen LogP contribution in [0.5, 0.6) is 0 Å². The van der Waals surface area contributed by atoms with Crippen molar-refractivity contribution in [3.05, 3.63) is 17.0 Å². The molecule has 1 N–H and O–H groups in total. The number of morpholine rings is 1. The molecule has 5 nitrogen and oxygen atoms in total. The van der Waals surface area contributed by atoms with Gasteiger partial charge in [0.05, 0.1) is 13.2 Å². The molecule has 3 rings (SSSR count). The lowest BCUT2D eigenvalue weighted by atomic mass is 10.0. The SMILES string of the molecule is CC(C)CC(CNc1cc(Cl)nc(C2CC2)n1)N1CCOCC1. The number of aromatic nitrogens is 2. The van der Waals surface area contributed by atoms with Crippen molar-refractivity contribution < 1.29 is 4.74 Å². The van der Waals surface area contributed by atoms with Gasteiger partial charge in [-0.2, -0.15) is 0 Å². The molecule has 1 unspecified atom stereocenters. The van der Waals surface area contributed by atoms with E-state index in [1.165, 1.54) is 19.3 Å². The summed E-state index contributed by atoms with van der Waals surface area (Å²) < 4.78 is 5.48. The van der Waals surface area contributed by atoms with E-state index in [4.69, 9.17) is 16.3 Å². The number of hydrogen-bond acceptors (Lipinski definition) is 5. The van der Waals surface area contributed by atoms with Gasteiger partial charge in [-0.25, -0.2) is 9.97 Å². The molecule has 0 radical (unpaired) electrons. The number of hydrogen-bond donors (Lipinski definition) is 1. The van der Waals surface area contributed by atoms with E-state index in [0.717, 1.165) is 44.5 Å². The third-order valence-corrected chi connectivity index (χ3v) is 4.67. The van der Waals surface area contributed by atoms with E-state index >= 15 is 0 Å². The lowest BCUT2D eigenvalue weighted by Gasteiger charge is -2.35. The fraction of sp³-hybridized carbons (Fsp3) is 0.765. The van der Waals surface area contributed by atoms with E-state index in [2.05, 4.69) is 34.0 Å². The molecule has 1 saturated carbocycles. The Bertz CT molecular complexity index is 515. The van der Waals surface area contributed by atoms with E-state index in [0.29, 0.717) is 23.0 Å². The molecular weight excluding hydrogens is 312 g/mol. The Labute approximate surface area is 143 Å². The first-order chi connectivity index (χ1) is 11.1. The van der Waals surface area contributed by atoms with Crippen LogP contribution in [0.15, 0.2) is 6.07 Å². The van der Waals surface area contributed by atoms with Gasteiger partial charge in [-0.1, -0.05) is 25.4 Å². The maximum Gasteiger partial charge on any atom is 0.135 e. The third-order valence-electron chi connectivity index (χ3n) is 4.48. The summed E-state index contributed by atoms with van der Waals surface area (Å²) in [6, 6.07) is 2.33. The lowest BCUT2D eigenvalue weighted by Crippen LogP contribution is -2.47. The molecule has 0 spiro atoms. The summed E-state index contributed by atoms with van der Waals surface area (Å²) in [6.45, 7) is 9.13. The van der Waals surface area contributed by atoms with Crippen LogP contribution in [0.25, 0.3) is 0 Å². The van der Waals surface area contributed by atoms with Crippen molar-refractivity contribution in [3.63, 3.8) is 0 Å². The van der Waals surface area contributed by atoms with Crippen molar-refractivity contribution in [3.8, 4) is 0 Å². The average molecular weight is 339 g/mol. The number of halogens is 1. The molecule has 1 aliphatic carbocycles. The van der Waals surface area contributed by atoms with Crippen molar-refractivity contribution in [2.45, 2.75) is 45.1 Å². The molecule has 0 amide bonds. The Morgan fingerprint density at radius 1 is 1.30 bits per heavy atom. The van der Waals surface area contributed by atoms with Crippen LogP contribution in [0, 0.1) is 5.92 Å². The molecule has 1 aromatic heterocycles. The smallest absolute Gasteiger partial charge is 0.135 e. The van der Waals surface area contributed by atoms with Gasteiger partial charge in [-0.15, -0.1) is 0 Å². The summed E-state index contributed by atoms with van der Waals surface area (Å²) in [7, 11) is 0. The maximum absolute atomic E-state index is 6.15. The van der Waals surface area contributed by atoms with Gasteiger partial charge in [0.1, 0.15) is 16.8 Å². The molecule has 128 valence electrons. The molecule has 0 bridgehead atoms. The number of rotatable bonds is 7. The molecule has 1 saturated heterocycles. The van der Waals surface area contributed by atoms with Gasteiger partial charge in [-0.05, 0) is 25.2 Å². The fourth-order valence-electron chi connectivity index (χ4n) is 3.12. The van der Waals surface area contributed by atoms with E-state index in [9.17, 15) is 0 Å². The quantitative estimate of drug-likeness (QED) is 0.774. The molecule has 1 aliphatic heterocycles. The highest BCUT2D eigenvalue weighted by Crippen LogP contribution is 2.38. The number of anilines is 1. The molecule has 2 heterocycles. The molecule has 1 aromatic rings. The molecule has 1 atom stereocenters. The minimum Gasteiger partial charge on any atom is -0.379 e.